The van der Waals surface area contributed by atoms with Crippen LogP contribution in [0.2, 0.25) is 5.02 Å². The van der Waals surface area contributed by atoms with Crippen LogP contribution in [0.4, 0.5) is 0 Å². The molecule has 2 N–H and O–H groups in total. The lowest BCUT2D eigenvalue weighted by Gasteiger charge is -1.92. The minimum Gasteiger partial charge on any atom is -0.504 e. The van der Waals surface area contributed by atoms with Crippen LogP contribution in [0.15, 0.2) is 33.9 Å². The molecule has 76 valence electrons. The molecule has 2 aromatic rings. The summed E-state index contributed by atoms with van der Waals surface area (Å²) in [4.78, 5) is 24.7. The molecule has 0 radical (unpaired) electrons. The van der Waals surface area contributed by atoms with Crippen molar-refractivity contribution < 1.29 is 5.11 Å². The monoisotopic (exact) mass is 223 g/mol. The van der Waals surface area contributed by atoms with Crippen molar-refractivity contribution in [3.8, 4) is 5.75 Å². The second-order valence-corrected chi connectivity index (χ2v) is 3.48. The van der Waals surface area contributed by atoms with Crippen molar-refractivity contribution in [2.75, 3.05) is 0 Å². The van der Waals surface area contributed by atoms with Gasteiger partial charge in [0.25, 0.3) is 11.0 Å². The van der Waals surface area contributed by atoms with Crippen molar-refractivity contribution in [2.45, 2.75) is 0 Å². The fourth-order valence-corrected chi connectivity index (χ4v) is 1.44. The van der Waals surface area contributed by atoms with Gasteiger partial charge in [-0.25, -0.2) is 0 Å². The zero-order chi connectivity index (χ0) is 11.0. The zero-order valence-corrected chi connectivity index (χ0v) is 8.21. The van der Waals surface area contributed by atoms with Crippen LogP contribution in [-0.4, -0.2) is 10.1 Å². The van der Waals surface area contributed by atoms with Crippen molar-refractivity contribution in [1.82, 2.24) is 4.98 Å². The van der Waals surface area contributed by atoms with Crippen molar-refractivity contribution in [1.29, 1.82) is 0 Å². The number of nitrogens with one attached hydrogen (secondary N) is 1. The highest BCUT2D eigenvalue weighted by Crippen LogP contribution is 2.17. The Balaban J connectivity index is 3.06. The molecule has 0 saturated carbocycles. The Labute approximate surface area is 88.8 Å². The zero-order valence-electron chi connectivity index (χ0n) is 7.45. The highest BCUT2D eigenvalue weighted by atomic mass is 35.5. The van der Waals surface area contributed by atoms with Gasteiger partial charge in [-0.05, 0) is 18.2 Å². The number of aromatic amines is 1. The summed E-state index contributed by atoms with van der Waals surface area (Å²) in [6.45, 7) is 0. The topological polar surface area (TPSA) is 70.2 Å². The molecule has 0 aliphatic rings. The first-order valence-electron chi connectivity index (χ1n) is 4.14. The SMILES string of the molecule is O=c1[nH]c2cc(Cl)ccc2cc(O)c1=O. The molecular formula is C10H6ClNO3. The van der Waals surface area contributed by atoms with Crippen LogP contribution in [0.1, 0.15) is 0 Å². The molecule has 0 unspecified atom stereocenters. The standard InChI is InChI=1S/C10H6ClNO3/c11-6-2-1-5-3-8(13)9(14)10(15)12-7(5)4-6/h1-4H,(H2,12,13,14,15). The molecule has 0 saturated heterocycles. The van der Waals surface area contributed by atoms with E-state index in [1.165, 1.54) is 12.1 Å². The molecule has 0 aliphatic heterocycles. The van der Waals surface area contributed by atoms with E-state index in [1.807, 2.05) is 0 Å². The first-order chi connectivity index (χ1) is 7.08. The Morgan fingerprint density at radius 2 is 1.93 bits per heavy atom. The molecule has 0 amide bonds. The second-order valence-electron chi connectivity index (χ2n) is 3.04. The molecule has 15 heavy (non-hydrogen) atoms. The highest BCUT2D eigenvalue weighted by molar-refractivity contribution is 6.31. The van der Waals surface area contributed by atoms with E-state index in [0.29, 0.717) is 15.9 Å². The van der Waals surface area contributed by atoms with Crippen molar-refractivity contribution >= 4 is 22.5 Å². The van der Waals surface area contributed by atoms with Crippen molar-refractivity contribution in [2.24, 2.45) is 0 Å². The lowest BCUT2D eigenvalue weighted by Crippen LogP contribution is -2.22. The molecule has 1 aromatic carbocycles. The van der Waals surface area contributed by atoms with E-state index in [4.69, 9.17) is 11.6 Å². The van der Waals surface area contributed by atoms with Gasteiger partial charge in [-0.1, -0.05) is 17.7 Å². The third-order valence-corrected chi connectivity index (χ3v) is 2.23. The smallest absolute Gasteiger partial charge is 0.300 e. The summed E-state index contributed by atoms with van der Waals surface area (Å²) in [6.07, 6.45) is 0. The van der Waals surface area contributed by atoms with E-state index < -0.39 is 16.7 Å². The molecule has 0 atom stereocenters. The van der Waals surface area contributed by atoms with Gasteiger partial charge >= 0.3 is 0 Å². The summed E-state index contributed by atoms with van der Waals surface area (Å²) in [5.41, 5.74) is -1.42. The molecule has 0 bridgehead atoms. The lowest BCUT2D eigenvalue weighted by atomic mass is 10.2. The third kappa shape index (κ3) is 1.71. The number of hydrogen-bond donors (Lipinski definition) is 2. The molecule has 0 fully saturated rings. The van der Waals surface area contributed by atoms with Crippen LogP contribution < -0.4 is 11.0 Å². The van der Waals surface area contributed by atoms with E-state index in [2.05, 4.69) is 4.98 Å². The Bertz CT molecular complexity index is 648. The number of H-pyrrole nitrogens is 1. The number of aromatic nitrogens is 1. The maximum Gasteiger partial charge on any atom is 0.300 e. The maximum absolute atomic E-state index is 11.2. The Hall–Kier alpha value is -1.81. The first kappa shape index (κ1) is 9.73. The average molecular weight is 224 g/mol. The van der Waals surface area contributed by atoms with E-state index in [1.54, 1.807) is 12.1 Å². The van der Waals surface area contributed by atoms with Gasteiger partial charge in [0.05, 0.1) is 5.52 Å². The van der Waals surface area contributed by atoms with Gasteiger partial charge in [-0.2, -0.15) is 0 Å². The van der Waals surface area contributed by atoms with Gasteiger partial charge in [-0.3, -0.25) is 9.59 Å². The van der Waals surface area contributed by atoms with E-state index in [9.17, 15) is 14.7 Å². The largest absolute Gasteiger partial charge is 0.504 e. The van der Waals surface area contributed by atoms with Gasteiger partial charge in [0.2, 0.25) is 0 Å². The predicted octanol–water partition coefficient (Wildman–Crippen LogP) is 1.25. The molecule has 1 heterocycles. The Kier molecular flexibility index (Phi) is 2.21. The molecular weight excluding hydrogens is 218 g/mol. The van der Waals surface area contributed by atoms with Crippen molar-refractivity contribution in [3.63, 3.8) is 0 Å². The van der Waals surface area contributed by atoms with Gasteiger partial charge in [0, 0.05) is 10.4 Å². The highest BCUT2D eigenvalue weighted by Gasteiger charge is 2.02. The van der Waals surface area contributed by atoms with Gasteiger partial charge in [0.1, 0.15) is 0 Å². The molecule has 0 spiro atoms. The maximum atomic E-state index is 11.2. The van der Waals surface area contributed by atoms with Crippen LogP contribution in [-0.2, 0) is 0 Å². The molecule has 0 aliphatic carbocycles. The summed E-state index contributed by atoms with van der Waals surface area (Å²) < 4.78 is 0. The second kappa shape index (κ2) is 3.40. The third-order valence-electron chi connectivity index (χ3n) is 1.99. The molecule has 1 aromatic heterocycles. The fraction of sp³-hybridized carbons (Fsp3) is 0. The number of fused-ring (bicyclic) bond motifs is 1. The number of benzene rings is 1. The summed E-state index contributed by atoms with van der Waals surface area (Å²) in [7, 11) is 0. The molecule has 2 rings (SSSR count). The van der Waals surface area contributed by atoms with Gasteiger partial charge in [-0.15, -0.1) is 0 Å². The minimum atomic E-state index is -0.956. The van der Waals surface area contributed by atoms with Gasteiger partial charge in [0.15, 0.2) is 5.75 Å². The summed E-state index contributed by atoms with van der Waals surface area (Å²) in [5, 5.41) is 10.2. The average Bonchev–Trinajstić information content (AvgIpc) is 2.29. The molecule has 4 nitrogen and oxygen atoms in total. The quantitative estimate of drug-likeness (QED) is 0.661. The number of rotatable bonds is 0. The normalized spacial score (nSPS) is 10.5. The van der Waals surface area contributed by atoms with Gasteiger partial charge < -0.3 is 10.1 Å². The van der Waals surface area contributed by atoms with Crippen LogP contribution >= 0.6 is 11.6 Å². The van der Waals surface area contributed by atoms with E-state index in [0.717, 1.165) is 0 Å². The Morgan fingerprint density at radius 3 is 2.67 bits per heavy atom. The first-order valence-corrected chi connectivity index (χ1v) is 4.51. The molecule has 5 heteroatoms. The van der Waals surface area contributed by atoms with E-state index in [-0.39, 0.29) is 0 Å². The predicted molar refractivity (Wildman–Crippen MR) is 57.5 cm³/mol. The van der Waals surface area contributed by atoms with E-state index >= 15 is 0 Å². The fourth-order valence-electron chi connectivity index (χ4n) is 1.27. The number of hydrogen-bond acceptors (Lipinski definition) is 3. The summed E-state index contributed by atoms with van der Waals surface area (Å²) in [5.74, 6) is -0.575. The van der Waals surface area contributed by atoms with Crippen molar-refractivity contribution in [3.05, 3.63) is 49.9 Å². The van der Waals surface area contributed by atoms with Crippen LogP contribution in [0, 0.1) is 0 Å². The van der Waals surface area contributed by atoms with Crippen LogP contribution in [0.3, 0.4) is 0 Å². The number of aromatic hydroxyl groups is 1. The summed E-state index contributed by atoms with van der Waals surface area (Å²) in [6, 6.07) is 5.95. The minimum absolute atomic E-state index is 0.407. The Morgan fingerprint density at radius 1 is 1.20 bits per heavy atom. The van der Waals surface area contributed by atoms with Crippen LogP contribution in [0.25, 0.3) is 10.9 Å². The lowest BCUT2D eigenvalue weighted by molar-refractivity contribution is 0.470. The van der Waals surface area contributed by atoms with Crippen LogP contribution in [0.5, 0.6) is 5.75 Å². The number of halogens is 1. The summed E-state index contributed by atoms with van der Waals surface area (Å²) >= 11 is 5.73.